The smallest absolute Gasteiger partial charge is 0.321 e. The maximum Gasteiger partial charge on any atom is 0.321 e. The average molecular weight is 440 g/mol. The second kappa shape index (κ2) is 9.22. The molecule has 1 atom stereocenters. The zero-order valence-electron chi connectivity index (χ0n) is 17.0. The molecule has 0 radical (unpaired) electrons. The van der Waals surface area contributed by atoms with E-state index in [4.69, 9.17) is 0 Å². The first kappa shape index (κ1) is 20.9. The average Bonchev–Trinajstić information content (AvgIpc) is 3.28. The number of rotatable bonds is 4. The number of para-hydroxylation sites is 2. The van der Waals surface area contributed by atoms with Crippen LogP contribution in [0.4, 0.5) is 20.6 Å². The van der Waals surface area contributed by atoms with Crippen LogP contribution in [0.1, 0.15) is 39.1 Å². The minimum atomic E-state index is -0.474. The number of urea groups is 1. The summed E-state index contributed by atoms with van der Waals surface area (Å²) in [5.74, 6) is -0.793. The fraction of sp³-hybridized carbons (Fsp3) is 0.273. The Morgan fingerprint density at radius 1 is 1.06 bits per heavy atom. The molecule has 31 heavy (non-hydrogen) atoms. The molecule has 3 aromatic rings. The van der Waals surface area contributed by atoms with Crippen LogP contribution in [0, 0.1) is 12.7 Å². The molecule has 0 bridgehead atoms. The van der Waals surface area contributed by atoms with Crippen LogP contribution in [0.3, 0.4) is 0 Å². The van der Waals surface area contributed by atoms with Crippen molar-refractivity contribution in [2.24, 2.45) is 0 Å². The van der Waals surface area contributed by atoms with Crippen LogP contribution < -0.4 is 10.6 Å². The number of nitrogens with zero attached hydrogens (tertiary/aromatic N) is 3. The van der Waals surface area contributed by atoms with Gasteiger partial charge in [0.05, 0.1) is 5.69 Å². The van der Waals surface area contributed by atoms with Crippen LogP contribution in [0.5, 0.6) is 0 Å². The number of aromatic nitrogens is 2. The van der Waals surface area contributed by atoms with Gasteiger partial charge in [-0.1, -0.05) is 41.7 Å². The van der Waals surface area contributed by atoms with Crippen molar-refractivity contribution in [2.75, 3.05) is 23.7 Å². The molecule has 2 heterocycles. The minimum Gasteiger partial charge on any atom is -0.324 e. The molecule has 1 saturated heterocycles. The second-order valence-electron chi connectivity index (χ2n) is 7.41. The Hall–Kier alpha value is -3.33. The molecule has 2 aromatic carbocycles. The first-order valence-electron chi connectivity index (χ1n) is 10.0. The van der Waals surface area contributed by atoms with Crippen molar-refractivity contribution in [1.82, 2.24) is 15.1 Å². The molecule has 0 saturated carbocycles. The van der Waals surface area contributed by atoms with Crippen LogP contribution >= 0.6 is 11.3 Å². The number of aryl methyl sites for hydroxylation is 1. The summed E-state index contributed by atoms with van der Waals surface area (Å²) in [6.07, 6.45) is 1.64. The molecule has 1 aliphatic rings. The van der Waals surface area contributed by atoms with Gasteiger partial charge in [-0.3, -0.25) is 4.79 Å². The van der Waals surface area contributed by atoms with Crippen LogP contribution in [0.15, 0.2) is 48.5 Å². The molecule has 0 spiro atoms. The van der Waals surface area contributed by atoms with E-state index in [0.29, 0.717) is 13.1 Å². The highest BCUT2D eigenvalue weighted by molar-refractivity contribution is 7.13. The number of hydrogen-bond donors (Lipinski definition) is 2. The third-order valence-corrected chi connectivity index (χ3v) is 6.29. The lowest BCUT2D eigenvalue weighted by Gasteiger charge is -2.31. The summed E-state index contributed by atoms with van der Waals surface area (Å²) < 4.78 is 13.8. The molecule has 9 heteroatoms. The SMILES string of the molecule is Cc1ccccc1NC(=O)c1nnc([C@H]2CCCN(C(=O)Nc3ccccc3F)C2)s1. The Labute approximate surface area is 183 Å². The lowest BCUT2D eigenvalue weighted by atomic mass is 9.99. The van der Waals surface area contributed by atoms with E-state index < -0.39 is 5.82 Å². The summed E-state index contributed by atoms with van der Waals surface area (Å²) in [5, 5.41) is 14.7. The fourth-order valence-electron chi connectivity index (χ4n) is 3.50. The number of benzene rings is 2. The molecule has 2 N–H and O–H groups in total. The van der Waals surface area contributed by atoms with Crippen LogP contribution in [0.25, 0.3) is 0 Å². The standard InChI is InChI=1S/C22H22FN5O2S/c1-14-7-2-4-10-17(14)24-19(29)21-27-26-20(31-21)15-8-6-12-28(13-15)22(30)25-18-11-5-3-9-16(18)23/h2-5,7,9-11,15H,6,8,12-13H2,1H3,(H,24,29)(H,25,30)/t15-/m0/s1. The molecule has 1 aliphatic heterocycles. The number of halogens is 1. The van der Waals surface area contributed by atoms with Gasteiger partial charge in [0, 0.05) is 24.7 Å². The van der Waals surface area contributed by atoms with Gasteiger partial charge in [-0.15, -0.1) is 10.2 Å². The zero-order chi connectivity index (χ0) is 21.8. The molecule has 7 nitrogen and oxygen atoms in total. The maximum absolute atomic E-state index is 13.8. The van der Waals surface area contributed by atoms with Crippen molar-refractivity contribution in [3.63, 3.8) is 0 Å². The van der Waals surface area contributed by atoms with Gasteiger partial charge >= 0.3 is 6.03 Å². The van der Waals surface area contributed by atoms with Crippen LogP contribution in [-0.2, 0) is 0 Å². The lowest BCUT2D eigenvalue weighted by molar-refractivity contribution is 0.102. The highest BCUT2D eigenvalue weighted by atomic mass is 32.1. The highest BCUT2D eigenvalue weighted by Crippen LogP contribution is 2.30. The van der Waals surface area contributed by atoms with Gasteiger partial charge in [-0.2, -0.15) is 0 Å². The summed E-state index contributed by atoms with van der Waals surface area (Å²) in [6.45, 7) is 2.94. The van der Waals surface area contributed by atoms with Crippen molar-refractivity contribution >= 4 is 34.6 Å². The van der Waals surface area contributed by atoms with Gasteiger partial charge in [0.2, 0.25) is 5.01 Å². The van der Waals surface area contributed by atoms with Crippen molar-refractivity contribution in [1.29, 1.82) is 0 Å². The van der Waals surface area contributed by atoms with E-state index in [1.54, 1.807) is 17.0 Å². The van der Waals surface area contributed by atoms with E-state index in [9.17, 15) is 14.0 Å². The van der Waals surface area contributed by atoms with E-state index in [-0.39, 0.29) is 28.6 Å². The summed E-state index contributed by atoms with van der Waals surface area (Å²) in [4.78, 5) is 26.8. The van der Waals surface area contributed by atoms with Crippen LogP contribution in [0.2, 0.25) is 0 Å². The van der Waals surface area contributed by atoms with Crippen molar-refractivity contribution < 1.29 is 14.0 Å². The van der Waals surface area contributed by atoms with Crippen molar-refractivity contribution in [2.45, 2.75) is 25.7 Å². The normalized spacial score (nSPS) is 16.1. The van der Waals surface area contributed by atoms with Gasteiger partial charge in [0.25, 0.3) is 5.91 Å². The van der Waals surface area contributed by atoms with Gasteiger partial charge in [0.1, 0.15) is 10.8 Å². The first-order valence-corrected chi connectivity index (χ1v) is 10.8. The molecule has 0 aliphatic carbocycles. The zero-order valence-corrected chi connectivity index (χ0v) is 17.8. The summed E-state index contributed by atoms with van der Waals surface area (Å²) in [6, 6.07) is 13.2. The number of carbonyl (C=O) groups is 2. The first-order chi connectivity index (χ1) is 15.0. The van der Waals surface area contributed by atoms with Gasteiger partial charge in [-0.25, -0.2) is 9.18 Å². The third-order valence-electron chi connectivity index (χ3n) is 5.20. The molecular formula is C22H22FN5O2S. The minimum absolute atomic E-state index is 0.0161. The monoisotopic (exact) mass is 439 g/mol. The molecule has 3 amide bonds. The quantitative estimate of drug-likeness (QED) is 0.620. The third kappa shape index (κ3) is 4.88. The topological polar surface area (TPSA) is 87.2 Å². The van der Waals surface area contributed by atoms with Crippen molar-refractivity contribution in [3.05, 3.63) is 69.9 Å². The van der Waals surface area contributed by atoms with Gasteiger partial charge in [-0.05, 0) is 43.5 Å². The Bertz CT molecular complexity index is 1100. The Kier molecular flexibility index (Phi) is 6.22. The number of piperidine rings is 1. The Balaban J connectivity index is 1.40. The molecule has 0 unspecified atom stereocenters. The lowest BCUT2D eigenvalue weighted by Crippen LogP contribution is -2.41. The van der Waals surface area contributed by atoms with E-state index >= 15 is 0 Å². The highest BCUT2D eigenvalue weighted by Gasteiger charge is 2.28. The van der Waals surface area contributed by atoms with Gasteiger partial charge < -0.3 is 15.5 Å². The van der Waals surface area contributed by atoms with Crippen LogP contribution in [-0.4, -0.2) is 40.1 Å². The molecule has 1 fully saturated rings. The summed E-state index contributed by atoms with van der Waals surface area (Å²) >= 11 is 1.24. The molecular weight excluding hydrogens is 417 g/mol. The van der Waals surface area contributed by atoms with E-state index in [1.807, 2.05) is 31.2 Å². The molecule has 160 valence electrons. The number of hydrogen-bond acceptors (Lipinski definition) is 5. The molecule has 1 aromatic heterocycles. The van der Waals surface area contributed by atoms with E-state index in [2.05, 4.69) is 20.8 Å². The largest absolute Gasteiger partial charge is 0.324 e. The number of likely N-dealkylation sites (tertiary alicyclic amines) is 1. The maximum atomic E-state index is 13.8. The summed E-state index contributed by atoms with van der Waals surface area (Å²) in [7, 11) is 0. The predicted octanol–water partition coefficient (Wildman–Crippen LogP) is 4.65. The Morgan fingerprint density at radius 3 is 2.58 bits per heavy atom. The predicted molar refractivity (Wildman–Crippen MR) is 118 cm³/mol. The van der Waals surface area contributed by atoms with Crippen molar-refractivity contribution in [3.8, 4) is 0 Å². The van der Waals surface area contributed by atoms with E-state index in [0.717, 1.165) is 29.1 Å². The number of carbonyl (C=O) groups excluding carboxylic acids is 2. The van der Waals surface area contributed by atoms with E-state index in [1.165, 1.54) is 23.5 Å². The number of nitrogens with one attached hydrogen (secondary N) is 2. The number of amides is 3. The number of anilines is 2. The van der Waals surface area contributed by atoms with Gasteiger partial charge in [0.15, 0.2) is 0 Å². The second-order valence-corrected chi connectivity index (χ2v) is 8.42. The fourth-order valence-corrected chi connectivity index (χ4v) is 4.36. The Morgan fingerprint density at radius 2 is 1.81 bits per heavy atom. The summed E-state index contributed by atoms with van der Waals surface area (Å²) in [5.41, 5.74) is 1.85. The molecule has 4 rings (SSSR count).